The van der Waals surface area contributed by atoms with Gasteiger partial charge in [-0.2, -0.15) is 4.98 Å². The van der Waals surface area contributed by atoms with Gasteiger partial charge in [0.1, 0.15) is 6.04 Å². The Morgan fingerprint density at radius 2 is 1.38 bits per heavy atom. The zero-order valence-corrected chi connectivity index (χ0v) is 22.3. The summed E-state index contributed by atoms with van der Waals surface area (Å²) in [6.07, 6.45) is 7.05. The molecule has 0 N–H and O–H groups in total. The summed E-state index contributed by atoms with van der Waals surface area (Å²) in [5, 5.41) is 3.94. The minimum Gasteiger partial charge on any atom is -0.339 e. The van der Waals surface area contributed by atoms with Crippen LogP contribution in [0.15, 0.2) is 65.2 Å². The van der Waals surface area contributed by atoms with E-state index in [0.717, 1.165) is 38.5 Å². The number of nitrogens with zero attached hydrogens (tertiary/aromatic N) is 4. The Morgan fingerprint density at radius 1 is 0.769 bits per heavy atom. The van der Waals surface area contributed by atoms with Gasteiger partial charge < -0.3 is 14.3 Å². The lowest BCUT2D eigenvalue weighted by Gasteiger charge is -2.30. The summed E-state index contributed by atoms with van der Waals surface area (Å²) in [6.45, 7) is 1.09. The third kappa shape index (κ3) is 6.61. The van der Waals surface area contributed by atoms with E-state index < -0.39 is 12.1 Å². The van der Waals surface area contributed by atoms with E-state index in [4.69, 9.17) is 4.52 Å². The Kier molecular flexibility index (Phi) is 8.81. The van der Waals surface area contributed by atoms with Crippen molar-refractivity contribution in [1.82, 2.24) is 19.9 Å². The molecule has 5 rings (SSSR count). The zero-order valence-electron chi connectivity index (χ0n) is 22.3. The fourth-order valence-corrected chi connectivity index (χ4v) is 5.74. The minimum atomic E-state index is -0.608. The molecule has 8 nitrogen and oxygen atoms in total. The highest BCUT2D eigenvalue weighted by Crippen LogP contribution is 2.27. The van der Waals surface area contributed by atoms with Crippen LogP contribution in [0.4, 0.5) is 0 Å². The van der Waals surface area contributed by atoms with Crippen molar-refractivity contribution in [3.8, 4) is 0 Å². The van der Waals surface area contributed by atoms with Gasteiger partial charge in [-0.05, 0) is 62.5 Å². The lowest BCUT2D eigenvalue weighted by molar-refractivity contribution is -0.144. The van der Waals surface area contributed by atoms with Crippen molar-refractivity contribution >= 4 is 17.6 Å². The molecule has 2 atom stereocenters. The first-order valence-electron chi connectivity index (χ1n) is 14.1. The van der Waals surface area contributed by atoms with Crippen molar-refractivity contribution in [1.29, 1.82) is 0 Å². The number of likely N-dealkylation sites (tertiary alicyclic amines) is 2. The van der Waals surface area contributed by atoms with E-state index in [0.29, 0.717) is 44.7 Å². The van der Waals surface area contributed by atoms with Gasteiger partial charge in [-0.3, -0.25) is 14.4 Å². The molecule has 0 unspecified atom stereocenters. The van der Waals surface area contributed by atoms with Crippen LogP contribution in [0, 0.1) is 0 Å². The number of aromatic nitrogens is 2. The van der Waals surface area contributed by atoms with E-state index >= 15 is 0 Å². The molecular formula is C31H36N4O4. The van der Waals surface area contributed by atoms with Crippen LogP contribution in [0.3, 0.4) is 0 Å². The summed E-state index contributed by atoms with van der Waals surface area (Å²) < 4.78 is 5.36. The molecule has 2 aliphatic rings. The molecule has 3 aromatic rings. The predicted octanol–water partition coefficient (Wildman–Crippen LogP) is 4.43. The number of Topliss-reactive ketones (excluding diaryl/α,β-unsaturated/α-hetero) is 1. The molecule has 2 amide bonds. The molecule has 0 spiro atoms. The summed E-state index contributed by atoms with van der Waals surface area (Å²) >= 11 is 0. The number of aryl methyl sites for hydroxylation is 3. The van der Waals surface area contributed by atoms with Crippen LogP contribution in [-0.4, -0.2) is 62.7 Å². The van der Waals surface area contributed by atoms with Gasteiger partial charge in [0.05, 0.1) is 6.04 Å². The Hall–Kier alpha value is -3.81. The number of hydrogen-bond acceptors (Lipinski definition) is 6. The standard InChI is InChI=1S/C31H36N4O4/c36-28(20-8-16-24-13-5-2-6-14-24)34-21-10-18-26(34)31(38)35-22-9-17-25(35)29(37)30-32-27(39-33-30)19-7-15-23-11-3-1-4-12-23/h1-6,11-14,25-26H,7-10,15-22H2/t25-,26-/m0/s1. The first kappa shape index (κ1) is 26.8. The molecule has 2 aliphatic heterocycles. The molecule has 0 bridgehead atoms. The number of amides is 2. The quantitative estimate of drug-likeness (QED) is 0.342. The SMILES string of the molecule is O=C(c1noc(CCCc2ccccc2)n1)[C@@H]1CCCN1C(=O)[C@@H]1CCCN1C(=O)CCCc1ccccc1. The molecule has 0 radical (unpaired) electrons. The second-order valence-electron chi connectivity index (χ2n) is 10.5. The van der Waals surface area contributed by atoms with Crippen molar-refractivity contribution in [2.24, 2.45) is 0 Å². The average molecular weight is 529 g/mol. The van der Waals surface area contributed by atoms with Crippen LogP contribution in [0.2, 0.25) is 0 Å². The highest BCUT2D eigenvalue weighted by atomic mass is 16.5. The second-order valence-corrected chi connectivity index (χ2v) is 10.5. The summed E-state index contributed by atoms with van der Waals surface area (Å²) in [5.41, 5.74) is 2.45. The molecule has 2 fully saturated rings. The maximum absolute atomic E-state index is 13.6. The normalized spacial score (nSPS) is 19.0. The fourth-order valence-electron chi connectivity index (χ4n) is 5.74. The Bertz CT molecular complexity index is 1260. The summed E-state index contributed by atoms with van der Waals surface area (Å²) in [6, 6.07) is 19.2. The van der Waals surface area contributed by atoms with Crippen LogP contribution >= 0.6 is 0 Å². The topological polar surface area (TPSA) is 96.6 Å². The third-order valence-corrected chi connectivity index (χ3v) is 7.78. The molecule has 8 heteroatoms. The zero-order chi connectivity index (χ0) is 27.0. The Balaban J connectivity index is 1.15. The smallest absolute Gasteiger partial charge is 0.246 e. The predicted molar refractivity (Wildman–Crippen MR) is 146 cm³/mol. The van der Waals surface area contributed by atoms with Crippen molar-refractivity contribution in [2.45, 2.75) is 76.3 Å². The van der Waals surface area contributed by atoms with Crippen LogP contribution in [0.1, 0.15) is 72.6 Å². The fraction of sp³-hybridized carbons (Fsp3) is 0.452. The average Bonchev–Trinajstić information content (AvgIpc) is 3.75. The largest absolute Gasteiger partial charge is 0.339 e. The summed E-state index contributed by atoms with van der Waals surface area (Å²) in [7, 11) is 0. The molecule has 2 saturated heterocycles. The van der Waals surface area contributed by atoms with Crippen LogP contribution in [0.25, 0.3) is 0 Å². The summed E-state index contributed by atoms with van der Waals surface area (Å²) in [4.78, 5) is 47.7. The molecule has 39 heavy (non-hydrogen) atoms. The first-order valence-corrected chi connectivity index (χ1v) is 14.1. The first-order chi connectivity index (χ1) is 19.1. The number of carbonyl (C=O) groups is 3. The van der Waals surface area contributed by atoms with Gasteiger partial charge in [-0.1, -0.05) is 65.8 Å². The van der Waals surface area contributed by atoms with E-state index in [9.17, 15) is 14.4 Å². The minimum absolute atomic E-state index is 0.0159. The highest BCUT2D eigenvalue weighted by molar-refractivity contribution is 6.00. The lowest BCUT2D eigenvalue weighted by Crippen LogP contribution is -2.51. The monoisotopic (exact) mass is 528 g/mol. The number of benzene rings is 2. The van der Waals surface area contributed by atoms with Crippen molar-refractivity contribution < 1.29 is 18.9 Å². The van der Waals surface area contributed by atoms with E-state index in [1.165, 1.54) is 11.1 Å². The van der Waals surface area contributed by atoms with Gasteiger partial charge >= 0.3 is 0 Å². The van der Waals surface area contributed by atoms with Gasteiger partial charge in [0.15, 0.2) is 0 Å². The molecule has 3 heterocycles. The molecule has 1 aromatic heterocycles. The highest BCUT2D eigenvalue weighted by Gasteiger charge is 2.42. The van der Waals surface area contributed by atoms with Crippen LogP contribution in [-0.2, 0) is 28.9 Å². The maximum atomic E-state index is 13.6. The van der Waals surface area contributed by atoms with Crippen molar-refractivity contribution in [3.63, 3.8) is 0 Å². The van der Waals surface area contributed by atoms with Gasteiger partial charge in [0.2, 0.25) is 29.3 Å². The molecule has 0 aliphatic carbocycles. The van der Waals surface area contributed by atoms with Crippen molar-refractivity contribution in [2.75, 3.05) is 13.1 Å². The van der Waals surface area contributed by atoms with Gasteiger partial charge in [0, 0.05) is 25.9 Å². The summed E-state index contributed by atoms with van der Waals surface area (Å²) in [5.74, 6) is 0.0778. The lowest BCUT2D eigenvalue weighted by atomic mass is 10.1. The van der Waals surface area contributed by atoms with Crippen LogP contribution in [0.5, 0.6) is 0 Å². The van der Waals surface area contributed by atoms with Gasteiger partial charge in [-0.15, -0.1) is 0 Å². The number of ketones is 1. The Morgan fingerprint density at radius 3 is 2.08 bits per heavy atom. The maximum Gasteiger partial charge on any atom is 0.246 e. The number of hydrogen-bond donors (Lipinski definition) is 0. The molecule has 0 saturated carbocycles. The number of rotatable bonds is 11. The Labute approximate surface area is 229 Å². The van der Waals surface area contributed by atoms with Gasteiger partial charge in [-0.25, -0.2) is 0 Å². The van der Waals surface area contributed by atoms with E-state index in [-0.39, 0.29) is 23.4 Å². The van der Waals surface area contributed by atoms with E-state index in [2.05, 4.69) is 34.4 Å². The van der Waals surface area contributed by atoms with E-state index in [1.807, 2.05) is 36.4 Å². The molecule has 2 aromatic carbocycles. The number of carbonyl (C=O) groups excluding carboxylic acids is 3. The van der Waals surface area contributed by atoms with Crippen LogP contribution < -0.4 is 0 Å². The van der Waals surface area contributed by atoms with Gasteiger partial charge in [0.25, 0.3) is 0 Å². The third-order valence-electron chi connectivity index (χ3n) is 7.78. The second kappa shape index (κ2) is 12.8. The van der Waals surface area contributed by atoms with E-state index in [1.54, 1.807) is 9.80 Å². The molecular weight excluding hydrogens is 492 g/mol. The molecule has 204 valence electrons. The van der Waals surface area contributed by atoms with Crippen molar-refractivity contribution in [3.05, 3.63) is 83.5 Å².